The fourth-order valence-electron chi connectivity index (χ4n) is 5.69. The van der Waals surface area contributed by atoms with E-state index in [1.165, 1.54) is 18.2 Å². The van der Waals surface area contributed by atoms with Gasteiger partial charge in [-0.2, -0.15) is 13.9 Å². The maximum atomic E-state index is 13.6. The Labute approximate surface area is 215 Å². The summed E-state index contributed by atoms with van der Waals surface area (Å²) >= 11 is 0. The number of nitrogens with two attached hydrogens (primary N) is 1. The Morgan fingerprint density at radius 1 is 1.16 bits per heavy atom. The van der Waals surface area contributed by atoms with E-state index in [4.69, 9.17) is 14.6 Å². The average molecular weight is 506 g/mol. The number of hydrogen-bond donors (Lipinski definition) is 1. The van der Waals surface area contributed by atoms with E-state index in [0.29, 0.717) is 28.5 Å². The number of hydrogen-bond acceptors (Lipinski definition) is 6. The molecule has 3 aromatic heterocycles. The Balaban J connectivity index is 1.39. The van der Waals surface area contributed by atoms with Crippen LogP contribution >= 0.6 is 0 Å². The lowest BCUT2D eigenvalue weighted by molar-refractivity contribution is -0.0505. The van der Waals surface area contributed by atoms with Gasteiger partial charge in [0.05, 0.1) is 23.3 Å². The number of carbonyl (C=O) groups excluding carboxylic acids is 1. The number of fused-ring (bicyclic) bond motifs is 9. The average Bonchev–Trinajstić information content (AvgIpc) is 3.63. The zero-order valence-electron chi connectivity index (χ0n) is 22.5. The number of halogens is 2. The van der Waals surface area contributed by atoms with Crippen molar-refractivity contribution in [1.29, 1.82) is 0 Å². The van der Waals surface area contributed by atoms with Crippen LogP contribution in [0.1, 0.15) is 74.4 Å². The molecule has 1 amide bonds. The zero-order chi connectivity index (χ0) is 27.9. The standard InChI is InChI=1S/C27H24F2N6O2/c1-34-19-10-17(21-16(26(34)36)3-2-4-20(21)37-27(28)29)22-18-9-14(7-8-35(18)33-24(19)22)15-11-31-25(32-12-15)23(30)13-5-6-13/h2-4,7-9,11-13,17,19,23,27H,5-6,10,30H2,1H3/t17-,19-,23-/m1/s1/i1D3. The highest BCUT2D eigenvalue weighted by Crippen LogP contribution is 2.53. The van der Waals surface area contributed by atoms with E-state index < -0.39 is 31.5 Å². The highest BCUT2D eigenvalue weighted by molar-refractivity contribution is 5.98. The predicted molar refractivity (Wildman–Crippen MR) is 130 cm³/mol. The monoisotopic (exact) mass is 505 g/mol. The lowest BCUT2D eigenvalue weighted by atomic mass is 9.88. The van der Waals surface area contributed by atoms with Gasteiger partial charge in [-0.3, -0.25) is 4.79 Å². The molecular weight excluding hydrogens is 478 g/mol. The van der Waals surface area contributed by atoms with Gasteiger partial charge in [0.25, 0.3) is 5.91 Å². The van der Waals surface area contributed by atoms with Crippen molar-refractivity contribution in [3.63, 3.8) is 0 Å². The van der Waals surface area contributed by atoms with Crippen molar-refractivity contribution in [2.75, 3.05) is 6.98 Å². The molecular formula is C27H24F2N6O2. The molecule has 0 spiro atoms. The zero-order valence-corrected chi connectivity index (χ0v) is 19.5. The molecule has 1 fully saturated rings. The molecule has 1 aliphatic heterocycles. The van der Waals surface area contributed by atoms with Crippen molar-refractivity contribution in [2.24, 2.45) is 11.7 Å². The van der Waals surface area contributed by atoms with Gasteiger partial charge in [0, 0.05) is 57.9 Å². The summed E-state index contributed by atoms with van der Waals surface area (Å²) in [5.41, 5.74) is 9.82. The fourth-order valence-corrected chi connectivity index (χ4v) is 5.69. The first-order chi connectivity index (χ1) is 19.1. The fraction of sp³-hybridized carbons (Fsp3) is 0.333. The van der Waals surface area contributed by atoms with E-state index >= 15 is 0 Å². The molecule has 3 atom stereocenters. The van der Waals surface area contributed by atoms with Crippen molar-refractivity contribution in [3.05, 3.63) is 77.1 Å². The predicted octanol–water partition coefficient (Wildman–Crippen LogP) is 4.46. The summed E-state index contributed by atoms with van der Waals surface area (Å²) < 4.78 is 57.7. The van der Waals surface area contributed by atoms with Crippen LogP contribution in [0.5, 0.6) is 5.75 Å². The van der Waals surface area contributed by atoms with Gasteiger partial charge in [0.15, 0.2) is 0 Å². The number of pyridine rings is 1. The molecule has 4 heterocycles. The van der Waals surface area contributed by atoms with Crippen molar-refractivity contribution in [1.82, 2.24) is 24.5 Å². The van der Waals surface area contributed by atoms with Gasteiger partial charge in [-0.15, -0.1) is 0 Å². The quantitative estimate of drug-likeness (QED) is 0.430. The molecule has 4 aromatic rings. The maximum Gasteiger partial charge on any atom is 0.387 e. The lowest BCUT2D eigenvalue weighted by Gasteiger charge is -2.23. The van der Waals surface area contributed by atoms with Gasteiger partial charge in [-0.25, -0.2) is 14.5 Å². The van der Waals surface area contributed by atoms with E-state index in [9.17, 15) is 13.6 Å². The minimum Gasteiger partial charge on any atom is -0.434 e. The number of benzene rings is 1. The largest absolute Gasteiger partial charge is 0.434 e. The normalized spacial score (nSPS) is 22.8. The number of alkyl halides is 2. The molecule has 1 saturated carbocycles. The van der Waals surface area contributed by atoms with E-state index in [1.807, 2.05) is 12.1 Å². The van der Waals surface area contributed by atoms with Crippen LogP contribution < -0.4 is 10.5 Å². The Morgan fingerprint density at radius 2 is 1.97 bits per heavy atom. The first-order valence-corrected chi connectivity index (χ1v) is 12.1. The summed E-state index contributed by atoms with van der Waals surface area (Å²) in [4.78, 5) is 23.4. The van der Waals surface area contributed by atoms with Gasteiger partial charge in [0.1, 0.15) is 11.6 Å². The highest BCUT2D eigenvalue weighted by atomic mass is 19.3. The van der Waals surface area contributed by atoms with Crippen molar-refractivity contribution >= 4 is 11.4 Å². The van der Waals surface area contributed by atoms with Crippen molar-refractivity contribution in [2.45, 2.75) is 43.9 Å². The SMILES string of the molecule is [2H]C([2H])([2H])N1C(=O)c2cccc(OC(F)F)c2[C@H]2C[C@@H]1c1nn3ccc(-c4cnc([C@H](N)C5CC5)nc4)cc3c12. The third-order valence-electron chi connectivity index (χ3n) is 7.65. The van der Waals surface area contributed by atoms with E-state index in [1.54, 1.807) is 23.1 Å². The summed E-state index contributed by atoms with van der Waals surface area (Å²) in [6.45, 7) is -5.90. The van der Waals surface area contributed by atoms with Crippen LogP contribution in [-0.2, 0) is 0 Å². The Bertz CT molecular complexity index is 1650. The van der Waals surface area contributed by atoms with E-state index in [-0.39, 0.29) is 29.3 Å². The van der Waals surface area contributed by atoms with Gasteiger partial charge < -0.3 is 15.4 Å². The van der Waals surface area contributed by atoms with E-state index in [0.717, 1.165) is 28.9 Å². The van der Waals surface area contributed by atoms with Crippen LogP contribution in [-0.4, -0.2) is 44.0 Å². The first-order valence-electron chi connectivity index (χ1n) is 13.6. The number of rotatable bonds is 5. The van der Waals surface area contributed by atoms with Crippen LogP contribution in [0.4, 0.5) is 8.78 Å². The molecule has 0 unspecified atom stereocenters. The molecule has 8 nitrogen and oxygen atoms in total. The Kier molecular flexibility index (Phi) is 4.18. The maximum absolute atomic E-state index is 13.6. The van der Waals surface area contributed by atoms with Crippen LogP contribution in [0, 0.1) is 5.92 Å². The van der Waals surface area contributed by atoms with Gasteiger partial charge >= 0.3 is 6.61 Å². The van der Waals surface area contributed by atoms with Gasteiger partial charge in [-0.05, 0) is 55.0 Å². The third kappa shape index (κ3) is 3.42. The molecule has 3 aliphatic rings. The molecule has 188 valence electrons. The molecule has 10 heteroatoms. The van der Waals surface area contributed by atoms with Crippen LogP contribution in [0.2, 0.25) is 0 Å². The molecule has 2 N–H and O–H groups in total. The molecule has 37 heavy (non-hydrogen) atoms. The second-order valence-electron chi connectivity index (χ2n) is 9.81. The molecule has 1 aromatic carbocycles. The van der Waals surface area contributed by atoms with Crippen molar-refractivity contribution in [3.8, 4) is 16.9 Å². The molecule has 0 saturated heterocycles. The summed E-state index contributed by atoms with van der Waals surface area (Å²) in [5.74, 6) is -0.504. The minimum atomic E-state index is -3.12. The molecule has 0 radical (unpaired) electrons. The van der Waals surface area contributed by atoms with E-state index in [2.05, 4.69) is 15.1 Å². The Morgan fingerprint density at radius 3 is 2.70 bits per heavy atom. The number of ether oxygens (including phenoxy) is 1. The van der Waals surface area contributed by atoms with Gasteiger partial charge in [-0.1, -0.05) is 6.07 Å². The van der Waals surface area contributed by atoms with Gasteiger partial charge in [0.2, 0.25) is 0 Å². The Hall–Kier alpha value is -3.92. The number of nitrogens with zero attached hydrogens (tertiary/aromatic N) is 5. The topological polar surface area (TPSA) is 98.6 Å². The summed E-state index contributed by atoms with van der Waals surface area (Å²) in [6, 6.07) is 6.91. The smallest absolute Gasteiger partial charge is 0.387 e. The number of aromatic nitrogens is 4. The highest BCUT2D eigenvalue weighted by Gasteiger charge is 2.46. The minimum absolute atomic E-state index is 0.0268. The van der Waals surface area contributed by atoms with Crippen LogP contribution in [0.15, 0.2) is 48.9 Å². The number of carbonyl (C=O) groups is 1. The second-order valence-corrected chi connectivity index (χ2v) is 9.81. The third-order valence-corrected chi connectivity index (χ3v) is 7.65. The van der Waals surface area contributed by atoms with Crippen LogP contribution in [0.3, 0.4) is 0 Å². The lowest BCUT2D eigenvalue weighted by Crippen LogP contribution is -2.30. The van der Waals surface area contributed by atoms with Crippen molar-refractivity contribution < 1.29 is 22.4 Å². The van der Waals surface area contributed by atoms with Crippen LogP contribution in [0.25, 0.3) is 16.6 Å². The summed E-state index contributed by atoms with van der Waals surface area (Å²) in [7, 11) is 0. The molecule has 7 rings (SSSR count). The second kappa shape index (κ2) is 8.04. The summed E-state index contributed by atoms with van der Waals surface area (Å²) in [6.07, 6.45) is 7.51. The first kappa shape index (κ1) is 19.2. The molecule has 2 bridgehead atoms. The number of amides is 1. The molecule has 2 aliphatic carbocycles. The summed E-state index contributed by atoms with van der Waals surface area (Å²) in [5, 5.41) is 4.67.